The second-order valence-electron chi connectivity index (χ2n) is 7.32. The van der Waals surface area contributed by atoms with E-state index in [4.69, 9.17) is 0 Å². The molecule has 160 valence electrons. The molecule has 0 saturated carbocycles. The molecule has 1 N–H and O–H groups in total. The Labute approximate surface area is 170 Å². The van der Waals surface area contributed by atoms with Crippen LogP contribution in [-0.2, 0) is 10.0 Å². The Kier molecular flexibility index (Phi) is 7.01. The zero-order chi connectivity index (χ0) is 22.0. The topological polar surface area (TPSA) is 49.4 Å². The highest BCUT2D eigenvalue weighted by Gasteiger charge is 2.43. The SMILES string of the molecule is CCN(CC(NS(=O)(=O)c1c(C)cc(C)cc1C)C(F)(F)F)c1cccc(C)c1. The Balaban J connectivity index is 2.39. The van der Waals surface area contributed by atoms with E-state index >= 15 is 0 Å². The average Bonchev–Trinajstić information content (AvgIpc) is 2.56. The van der Waals surface area contributed by atoms with E-state index in [1.165, 1.54) is 4.90 Å². The molecule has 0 radical (unpaired) electrons. The minimum atomic E-state index is -4.74. The summed E-state index contributed by atoms with van der Waals surface area (Å²) in [5, 5.41) is 0. The maximum Gasteiger partial charge on any atom is 0.406 e. The van der Waals surface area contributed by atoms with Crippen LogP contribution < -0.4 is 9.62 Å². The maximum atomic E-state index is 13.8. The van der Waals surface area contributed by atoms with Crippen molar-refractivity contribution in [3.8, 4) is 0 Å². The second-order valence-corrected chi connectivity index (χ2v) is 8.97. The van der Waals surface area contributed by atoms with Crippen molar-refractivity contribution in [3.63, 3.8) is 0 Å². The predicted octanol–water partition coefficient (Wildman–Crippen LogP) is 4.66. The van der Waals surface area contributed by atoms with Gasteiger partial charge in [-0.2, -0.15) is 17.9 Å². The monoisotopic (exact) mass is 428 g/mol. The van der Waals surface area contributed by atoms with Gasteiger partial charge >= 0.3 is 6.18 Å². The molecule has 0 aliphatic heterocycles. The summed E-state index contributed by atoms with van der Waals surface area (Å²) in [5.74, 6) is 0. The van der Waals surface area contributed by atoms with Crippen LogP contribution in [0, 0.1) is 27.7 Å². The van der Waals surface area contributed by atoms with Crippen molar-refractivity contribution in [2.75, 3.05) is 18.0 Å². The summed E-state index contributed by atoms with van der Waals surface area (Å²) in [7, 11) is -4.36. The fourth-order valence-corrected chi connectivity index (χ4v) is 5.17. The molecule has 8 heteroatoms. The molecule has 29 heavy (non-hydrogen) atoms. The van der Waals surface area contributed by atoms with Gasteiger partial charge in [0.05, 0.1) is 4.90 Å². The number of hydrogen-bond donors (Lipinski definition) is 1. The van der Waals surface area contributed by atoms with Crippen molar-refractivity contribution >= 4 is 15.7 Å². The standard InChI is InChI=1S/C21H27F3N2O2S/c1-6-26(18-9-7-8-14(2)12-18)13-19(21(22,23)24)25-29(27,28)20-16(4)10-15(3)11-17(20)5/h7-12,19,25H,6,13H2,1-5H3. The first-order valence-corrected chi connectivity index (χ1v) is 10.8. The Morgan fingerprint density at radius 1 is 1.00 bits per heavy atom. The maximum absolute atomic E-state index is 13.8. The number of alkyl halides is 3. The number of anilines is 1. The lowest BCUT2D eigenvalue weighted by molar-refractivity contribution is -0.149. The largest absolute Gasteiger partial charge is 0.406 e. The van der Waals surface area contributed by atoms with Crippen molar-refractivity contribution in [2.45, 2.75) is 51.7 Å². The normalized spacial score (nSPS) is 13.4. The number of nitrogens with zero attached hydrogens (tertiary/aromatic N) is 1. The molecule has 0 amide bonds. The molecule has 0 heterocycles. The fourth-order valence-electron chi connectivity index (χ4n) is 3.51. The summed E-state index contributed by atoms with van der Waals surface area (Å²) in [5.41, 5.74) is 3.21. The lowest BCUT2D eigenvalue weighted by Crippen LogP contribution is -2.52. The van der Waals surface area contributed by atoms with E-state index in [1.807, 2.05) is 24.6 Å². The molecule has 1 atom stereocenters. The van der Waals surface area contributed by atoms with Crippen molar-refractivity contribution in [3.05, 3.63) is 58.7 Å². The van der Waals surface area contributed by atoms with Gasteiger partial charge in [-0.1, -0.05) is 29.8 Å². The molecule has 2 aromatic carbocycles. The van der Waals surface area contributed by atoms with Crippen LogP contribution >= 0.6 is 0 Å². The smallest absolute Gasteiger partial charge is 0.370 e. The molecule has 2 aromatic rings. The minimum absolute atomic E-state index is 0.101. The third-order valence-corrected chi connectivity index (χ3v) is 6.49. The van der Waals surface area contributed by atoms with Crippen LogP contribution in [-0.4, -0.2) is 33.7 Å². The van der Waals surface area contributed by atoms with Crippen LogP contribution in [0.2, 0.25) is 0 Å². The fraction of sp³-hybridized carbons (Fsp3) is 0.429. The van der Waals surface area contributed by atoms with Gasteiger partial charge in [-0.15, -0.1) is 0 Å². The number of halogens is 3. The average molecular weight is 429 g/mol. The Morgan fingerprint density at radius 2 is 1.59 bits per heavy atom. The minimum Gasteiger partial charge on any atom is -0.370 e. The summed E-state index contributed by atoms with van der Waals surface area (Å²) in [6.45, 7) is 8.35. The van der Waals surface area contributed by atoms with Gasteiger partial charge in [0.25, 0.3) is 0 Å². The highest BCUT2D eigenvalue weighted by molar-refractivity contribution is 7.89. The Hall–Kier alpha value is -2.06. The quantitative estimate of drug-likeness (QED) is 0.698. The first-order chi connectivity index (χ1) is 13.3. The van der Waals surface area contributed by atoms with Gasteiger partial charge in [0.2, 0.25) is 10.0 Å². The van der Waals surface area contributed by atoms with Crippen LogP contribution in [0.5, 0.6) is 0 Å². The molecule has 0 aromatic heterocycles. The van der Waals surface area contributed by atoms with Crippen LogP contribution in [0.4, 0.5) is 18.9 Å². The summed E-state index contributed by atoms with van der Waals surface area (Å²) >= 11 is 0. The summed E-state index contributed by atoms with van der Waals surface area (Å²) in [6, 6.07) is 8.16. The molecule has 0 spiro atoms. The van der Waals surface area contributed by atoms with E-state index < -0.39 is 28.8 Å². The van der Waals surface area contributed by atoms with Crippen LogP contribution in [0.1, 0.15) is 29.2 Å². The predicted molar refractivity (Wildman–Crippen MR) is 110 cm³/mol. The van der Waals surface area contributed by atoms with Gasteiger partial charge in [0.1, 0.15) is 6.04 Å². The van der Waals surface area contributed by atoms with Gasteiger partial charge in [-0.05, 0) is 63.4 Å². The van der Waals surface area contributed by atoms with E-state index in [2.05, 4.69) is 0 Å². The Bertz CT molecular complexity index is 949. The molecule has 2 rings (SSSR count). The van der Waals surface area contributed by atoms with Gasteiger partial charge in [0, 0.05) is 18.8 Å². The van der Waals surface area contributed by atoms with Crippen LogP contribution in [0.15, 0.2) is 41.3 Å². The number of sulfonamides is 1. The van der Waals surface area contributed by atoms with Crippen LogP contribution in [0.25, 0.3) is 0 Å². The van der Waals surface area contributed by atoms with Crippen LogP contribution in [0.3, 0.4) is 0 Å². The van der Waals surface area contributed by atoms with E-state index in [-0.39, 0.29) is 4.90 Å². The molecule has 0 bridgehead atoms. The number of hydrogen-bond acceptors (Lipinski definition) is 3. The summed E-state index contributed by atoms with van der Waals surface area (Å²) in [4.78, 5) is 1.42. The lowest BCUT2D eigenvalue weighted by atomic mass is 10.1. The lowest BCUT2D eigenvalue weighted by Gasteiger charge is -2.30. The molecule has 1 unspecified atom stereocenters. The van der Waals surface area contributed by atoms with E-state index in [1.54, 1.807) is 51.1 Å². The highest BCUT2D eigenvalue weighted by atomic mass is 32.2. The van der Waals surface area contributed by atoms with Gasteiger partial charge in [0.15, 0.2) is 0 Å². The second kappa shape index (κ2) is 8.75. The van der Waals surface area contributed by atoms with Gasteiger partial charge < -0.3 is 4.90 Å². The summed E-state index contributed by atoms with van der Waals surface area (Å²) < 4.78 is 69.0. The molecular formula is C21H27F3N2O2S. The van der Waals surface area contributed by atoms with Crippen molar-refractivity contribution in [2.24, 2.45) is 0 Å². The van der Waals surface area contributed by atoms with Crippen molar-refractivity contribution in [1.82, 2.24) is 4.72 Å². The highest BCUT2D eigenvalue weighted by Crippen LogP contribution is 2.27. The number of likely N-dealkylation sites (N-methyl/N-ethyl adjacent to an activating group) is 1. The van der Waals surface area contributed by atoms with Gasteiger partial charge in [-0.3, -0.25) is 0 Å². The van der Waals surface area contributed by atoms with E-state index in [9.17, 15) is 21.6 Å². The first kappa shape index (κ1) is 23.2. The van der Waals surface area contributed by atoms with E-state index in [0.29, 0.717) is 23.4 Å². The molecule has 0 fully saturated rings. The summed E-state index contributed by atoms with van der Waals surface area (Å²) in [6.07, 6.45) is -4.74. The number of rotatable bonds is 7. The third kappa shape index (κ3) is 5.73. The molecular weight excluding hydrogens is 401 g/mol. The zero-order valence-corrected chi connectivity index (χ0v) is 18.1. The number of nitrogens with one attached hydrogen (secondary N) is 1. The van der Waals surface area contributed by atoms with E-state index in [0.717, 1.165) is 11.1 Å². The Morgan fingerprint density at radius 3 is 2.07 bits per heavy atom. The number of benzene rings is 2. The molecule has 0 saturated heterocycles. The third-order valence-electron chi connectivity index (χ3n) is 4.72. The van der Waals surface area contributed by atoms with Gasteiger partial charge in [-0.25, -0.2) is 8.42 Å². The van der Waals surface area contributed by atoms with Crippen molar-refractivity contribution in [1.29, 1.82) is 0 Å². The molecule has 4 nitrogen and oxygen atoms in total. The molecule has 0 aliphatic carbocycles. The van der Waals surface area contributed by atoms with Crippen molar-refractivity contribution < 1.29 is 21.6 Å². The molecule has 0 aliphatic rings. The number of aryl methyl sites for hydroxylation is 4. The zero-order valence-electron chi connectivity index (χ0n) is 17.3. The first-order valence-electron chi connectivity index (χ1n) is 9.33.